The van der Waals surface area contributed by atoms with Crippen molar-refractivity contribution in [2.45, 2.75) is 58.7 Å². The Morgan fingerprint density at radius 2 is 1.95 bits per heavy atom. The van der Waals surface area contributed by atoms with Crippen LogP contribution in [-0.2, 0) is 28.8 Å². The van der Waals surface area contributed by atoms with Crippen LogP contribution in [0.5, 0.6) is 5.75 Å². The Morgan fingerprint density at radius 1 is 1.24 bits per heavy atom. The number of nitrogens with one attached hydrogen (secondary N) is 1. The SMILES string of the molecule is CCCOCc1cc(C(F)(F)F)cc2sc(NC(=O)c3cc(Cl)cc(CN4C[C@@H](C)O[C@@H](C)C4)c3O)nc12. The molecular weight excluding hydrogens is 543 g/mol. The van der Waals surface area contributed by atoms with Crippen LogP contribution in [0.4, 0.5) is 18.3 Å². The summed E-state index contributed by atoms with van der Waals surface area (Å²) in [5.74, 6) is -0.887. The van der Waals surface area contributed by atoms with Gasteiger partial charge in [0.15, 0.2) is 5.13 Å². The Bertz CT molecular complexity index is 1310. The second kappa shape index (κ2) is 11.7. The standard InChI is InChI=1S/C26H29ClF3N3O4S/c1-4-5-36-13-17-6-18(26(28,29)30)8-21-22(17)31-25(38-21)32-24(35)20-9-19(27)7-16(23(20)34)12-33-10-14(2)37-15(3)11-33/h6-9,14-15,34H,4-5,10-13H2,1-3H3,(H,31,32,35)/t14-,15+. The van der Waals surface area contributed by atoms with Crippen molar-refractivity contribution >= 4 is 44.2 Å². The topological polar surface area (TPSA) is 83.9 Å². The second-order valence-electron chi connectivity index (χ2n) is 9.42. The van der Waals surface area contributed by atoms with E-state index in [0.717, 1.165) is 29.9 Å². The largest absolute Gasteiger partial charge is 0.507 e. The minimum absolute atomic E-state index is 0.0250. The van der Waals surface area contributed by atoms with E-state index < -0.39 is 17.6 Å². The van der Waals surface area contributed by atoms with E-state index in [2.05, 4.69) is 15.2 Å². The summed E-state index contributed by atoms with van der Waals surface area (Å²) in [5, 5.41) is 13.9. The lowest BCUT2D eigenvalue weighted by atomic mass is 10.1. The van der Waals surface area contributed by atoms with Crippen LogP contribution in [0, 0.1) is 0 Å². The van der Waals surface area contributed by atoms with Gasteiger partial charge in [-0.25, -0.2) is 4.98 Å². The number of halogens is 4. The summed E-state index contributed by atoms with van der Waals surface area (Å²) in [7, 11) is 0. The normalized spacial score (nSPS) is 18.7. The van der Waals surface area contributed by atoms with Crippen LogP contribution in [0.2, 0.25) is 5.02 Å². The summed E-state index contributed by atoms with van der Waals surface area (Å²) < 4.78 is 51.9. The predicted molar refractivity (Wildman–Crippen MR) is 141 cm³/mol. The van der Waals surface area contributed by atoms with E-state index in [1.807, 2.05) is 20.8 Å². The highest BCUT2D eigenvalue weighted by molar-refractivity contribution is 7.22. The first-order chi connectivity index (χ1) is 17.9. The minimum Gasteiger partial charge on any atom is -0.507 e. The molecule has 12 heteroatoms. The Balaban J connectivity index is 1.60. The maximum absolute atomic E-state index is 13.5. The molecule has 0 unspecified atom stereocenters. The average molecular weight is 572 g/mol. The van der Waals surface area contributed by atoms with Crippen LogP contribution in [0.15, 0.2) is 24.3 Å². The van der Waals surface area contributed by atoms with E-state index in [1.165, 1.54) is 6.07 Å². The molecule has 2 aromatic carbocycles. The van der Waals surface area contributed by atoms with E-state index >= 15 is 0 Å². The number of fused-ring (bicyclic) bond motifs is 1. The first-order valence-electron chi connectivity index (χ1n) is 12.2. The van der Waals surface area contributed by atoms with Gasteiger partial charge in [0.2, 0.25) is 0 Å². The van der Waals surface area contributed by atoms with Crippen molar-refractivity contribution in [2.24, 2.45) is 0 Å². The Labute approximate surface area is 227 Å². The molecule has 0 bridgehead atoms. The average Bonchev–Trinajstić information content (AvgIpc) is 3.22. The van der Waals surface area contributed by atoms with Crippen LogP contribution in [0.25, 0.3) is 10.2 Å². The van der Waals surface area contributed by atoms with Crippen molar-refractivity contribution in [2.75, 3.05) is 25.0 Å². The van der Waals surface area contributed by atoms with Crippen LogP contribution in [0.1, 0.15) is 54.2 Å². The third-order valence-electron chi connectivity index (χ3n) is 6.02. The van der Waals surface area contributed by atoms with Crippen molar-refractivity contribution in [3.8, 4) is 5.75 Å². The van der Waals surface area contributed by atoms with Crippen molar-refractivity contribution in [1.82, 2.24) is 9.88 Å². The number of nitrogens with zero attached hydrogens (tertiary/aromatic N) is 2. The zero-order chi connectivity index (χ0) is 27.6. The van der Waals surface area contributed by atoms with Gasteiger partial charge in [0.1, 0.15) is 5.75 Å². The number of carbonyl (C=O) groups excluding carboxylic acids is 1. The van der Waals surface area contributed by atoms with Gasteiger partial charge in [-0.1, -0.05) is 29.9 Å². The number of amides is 1. The molecule has 1 saturated heterocycles. The molecule has 0 aliphatic carbocycles. The van der Waals surface area contributed by atoms with Gasteiger partial charge in [0, 0.05) is 42.4 Å². The zero-order valence-corrected chi connectivity index (χ0v) is 22.8. The number of hydrogen-bond acceptors (Lipinski definition) is 7. The molecule has 206 valence electrons. The first kappa shape index (κ1) is 28.6. The Kier molecular flexibility index (Phi) is 8.83. The summed E-state index contributed by atoms with van der Waals surface area (Å²) in [6, 6.07) is 4.98. The third-order valence-corrected chi connectivity index (χ3v) is 7.15. The number of thiazole rings is 1. The molecule has 4 rings (SSSR count). The Hall–Kier alpha value is -2.44. The highest BCUT2D eigenvalue weighted by Gasteiger charge is 2.32. The van der Waals surface area contributed by atoms with E-state index in [1.54, 1.807) is 6.07 Å². The monoisotopic (exact) mass is 571 g/mol. The highest BCUT2D eigenvalue weighted by atomic mass is 35.5. The predicted octanol–water partition coefficient (Wildman–Crippen LogP) is 6.46. The fraction of sp³-hybridized carbons (Fsp3) is 0.462. The summed E-state index contributed by atoms with van der Waals surface area (Å²) >= 11 is 7.19. The molecule has 1 aliphatic heterocycles. The molecule has 3 aromatic rings. The fourth-order valence-corrected chi connectivity index (χ4v) is 5.71. The van der Waals surface area contributed by atoms with Gasteiger partial charge in [-0.05, 0) is 44.5 Å². The first-order valence-corrected chi connectivity index (χ1v) is 13.4. The van der Waals surface area contributed by atoms with Gasteiger partial charge in [0.25, 0.3) is 5.91 Å². The summed E-state index contributed by atoms with van der Waals surface area (Å²) in [6.45, 7) is 7.88. The van der Waals surface area contributed by atoms with Crippen LogP contribution in [0.3, 0.4) is 0 Å². The number of rotatable bonds is 8. The third kappa shape index (κ3) is 6.76. The minimum atomic E-state index is -4.54. The number of morpholine rings is 1. The summed E-state index contributed by atoms with van der Waals surface area (Å²) in [4.78, 5) is 19.6. The van der Waals surface area contributed by atoms with Gasteiger partial charge < -0.3 is 14.6 Å². The number of aromatic hydroxyl groups is 1. The maximum Gasteiger partial charge on any atom is 0.416 e. The van der Waals surface area contributed by atoms with Crippen molar-refractivity contribution in [3.05, 3.63) is 51.5 Å². The van der Waals surface area contributed by atoms with Gasteiger partial charge >= 0.3 is 6.18 Å². The summed E-state index contributed by atoms with van der Waals surface area (Å²) in [5.41, 5.74) is 0.218. The van der Waals surface area contributed by atoms with E-state index in [9.17, 15) is 23.1 Å². The van der Waals surface area contributed by atoms with Gasteiger partial charge in [-0.15, -0.1) is 0 Å². The lowest BCUT2D eigenvalue weighted by Gasteiger charge is -2.35. The molecule has 2 N–H and O–H groups in total. The van der Waals surface area contributed by atoms with Crippen LogP contribution >= 0.6 is 22.9 Å². The van der Waals surface area contributed by atoms with Crippen molar-refractivity contribution in [3.63, 3.8) is 0 Å². The summed E-state index contributed by atoms with van der Waals surface area (Å²) in [6.07, 6.45) is -3.77. The van der Waals surface area contributed by atoms with E-state index in [4.69, 9.17) is 21.1 Å². The molecule has 0 saturated carbocycles. The molecule has 1 amide bonds. The molecule has 0 radical (unpaired) electrons. The van der Waals surface area contributed by atoms with E-state index in [0.29, 0.717) is 37.3 Å². The number of benzene rings is 2. The molecular formula is C26H29ClF3N3O4S. The molecule has 2 atom stereocenters. The molecule has 1 aromatic heterocycles. The number of alkyl halides is 3. The quantitative estimate of drug-likeness (QED) is 0.302. The van der Waals surface area contributed by atoms with Gasteiger partial charge in [0.05, 0.1) is 40.2 Å². The van der Waals surface area contributed by atoms with Crippen LogP contribution < -0.4 is 5.32 Å². The van der Waals surface area contributed by atoms with Gasteiger partial charge in [-0.2, -0.15) is 13.2 Å². The fourth-order valence-electron chi connectivity index (χ4n) is 4.52. The van der Waals surface area contributed by atoms with Gasteiger partial charge in [-0.3, -0.25) is 15.0 Å². The molecule has 1 aliphatic rings. The number of hydrogen-bond donors (Lipinski definition) is 2. The molecule has 7 nitrogen and oxygen atoms in total. The number of phenols is 1. The molecule has 0 spiro atoms. The highest BCUT2D eigenvalue weighted by Crippen LogP contribution is 2.37. The number of ether oxygens (including phenoxy) is 2. The molecule has 38 heavy (non-hydrogen) atoms. The van der Waals surface area contributed by atoms with Crippen molar-refractivity contribution in [1.29, 1.82) is 0 Å². The maximum atomic E-state index is 13.5. The number of anilines is 1. The smallest absolute Gasteiger partial charge is 0.416 e. The molecule has 2 heterocycles. The number of carbonyl (C=O) groups is 1. The lowest BCUT2D eigenvalue weighted by molar-refractivity contribution is -0.137. The Morgan fingerprint density at radius 3 is 2.61 bits per heavy atom. The second-order valence-corrected chi connectivity index (χ2v) is 10.9. The zero-order valence-electron chi connectivity index (χ0n) is 21.2. The van der Waals surface area contributed by atoms with E-state index in [-0.39, 0.29) is 50.5 Å². The number of phenolic OH excluding ortho intramolecular Hbond substituents is 1. The molecule has 1 fully saturated rings. The van der Waals surface area contributed by atoms with Crippen LogP contribution in [-0.4, -0.2) is 52.8 Å². The van der Waals surface area contributed by atoms with Crippen molar-refractivity contribution < 1.29 is 32.5 Å². The lowest BCUT2D eigenvalue weighted by Crippen LogP contribution is -2.44. The number of aromatic nitrogens is 1.